The first-order valence-corrected chi connectivity index (χ1v) is 11.7. The van der Waals surface area contributed by atoms with Crippen molar-refractivity contribution in [3.63, 3.8) is 0 Å². The largest absolute Gasteiger partial charge is 0.356 e. The summed E-state index contributed by atoms with van der Waals surface area (Å²) in [5, 5.41) is 11.0. The van der Waals surface area contributed by atoms with Gasteiger partial charge in [0.1, 0.15) is 0 Å². The summed E-state index contributed by atoms with van der Waals surface area (Å²) in [6.07, 6.45) is 6.75. The van der Waals surface area contributed by atoms with Crippen LogP contribution < -0.4 is 10.6 Å². The van der Waals surface area contributed by atoms with Gasteiger partial charge in [-0.1, -0.05) is 24.3 Å². The van der Waals surface area contributed by atoms with Crippen molar-refractivity contribution in [2.45, 2.75) is 25.9 Å². The smallest absolute Gasteiger partial charge is 0.211 e. The van der Waals surface area contributed by atoms with Gasteiger partial charge in [-0.05, 0) is 36.0 Å². The molecule has 0 saturated carbocycles. The number of aromatic nitrogens is 2. The summed E-state index contributed by atoms with van der Waals surface area (Å²) in [7, 11) is -1.32. The molecule has 0 aliphatic carbocycles. The average Bonchev–Trinajstić information content (AvgIpc) is 3.22. The molecule has 2 N–H and O–H groups in total. The molecule has 0 radical (unpaired) electrons. The maximum absolute atomic E-state index is 11.6. The zero-order valence-electron chi connectivity index (χ0n) is 17.1. The van der Waals surface area contributed by atoms with Crippen molar-refractivity contribution in [1.29, 1.82) is 0 Å². The van der Waals surface area contributed by atoms with E-state index in [1.165, 1.54) is 17.4 Å². The molecule has 9 heteroatoms. The summed E-state index contributed by atoms with van der Waals surface area (Å²) < 4.78 is 26.7. The minimum atomic E-state index is -3.08. The summed E-state index contributed by atoms with van der Waals surface area (Å²) in [5.41, 5.74) is 2.42. The zero-order valence-corrected chi connectivity index (χ0v) is 17.9. The van der Waals surface area contributed by atoms with Crippen molar-refractivity contribution < 1.29 is 8.42 Å². The standard InChI is InChI=1S/C20H30N6O2S/c1-21-20(22-14-17-8-12-26(13-9-17)29(2,27)28)23-15-18-6-3-4-7-19(18)16-25-11-5-10-24-25/h3-7,10-11,17H,8-9,12-16H2,1-2H3,(H2,21,22,23). The second kappa shape index (κ2) is 9.89. The van der Waals surface area contributed by atoms with Gasteiger partial charge in [0, 0.05) is 45.6 Å². The molecule has 1 fully saturated rings. The molecule has 3 rings (SSSR count). The highest BCUT2D eigenvalue weighted by molar-refractivity contribution is 7.88. The third kappa shape index (κ3) is 6.30. The summed E-state index contributed by atoms with van der Waals surface area (Å²) in [6, 6.07) is 10.2. The Kier molecular flexibility index (Phi) is 7.27. The van der Waals surface area contributed by atoms with Crippen LogP contribution in [0.25, 0.3) is 0 Å². The van der Waals surface area contributed by atoms with Crippen molar-refractivity contribution in [3.05, 3.63) is 53.9 Å². The molecule has 0 atom stereocenters. The predicted octanol–water partition coefficient (Wildman–Crippen LogP) is 1.27. The van der Waals surface area contributed by atoms with Crippen LogP contribution in [0.2, 0.25) is 0 Å². The molecule has 29 heavy (non-hydrogen) atoms. The fourth-order valence-corrected chi connectivity index (χ4v) is 4.41. The van der Waals surface area contributed by atoms with Gasteiger partial charge in [0.15, 0.2) is 5.96 Å². The van der Waals surface area contributed by atoms with E-state index >= 15 is 0 Å². The van der Waals surface area contributed by atoms with E-state index in [4.69, 9.17) is 0 Å². The van der Waals surface area contributed by atoms with Gasteiger partial charge in [-0.15, -0.1) is 0 Å². The van der Waals surface area contributed by atoms with Gasteiger partial charge in [0.05, 0.1) is 12.8 Å². The molecule has 2 heterocycles. The van der Waals surface area contributed by atoms with Crippen molar-refractivity contribution in [1.82, 2.24) is 24.7 Å². The molecule has 0 unspecified atom stereocenters. The molecule has 8 nitrogen and oxygen atoms in total. The van der Waals surface area contributed by atoms with E-state index in [1.807, 2.05) is 29.1 Å². The van der Waals surface area contributed by atoms with Crippen LogP contribution in [0.4, 0.5) is 0 Å². The normalized spacial score (nSPS) is 16.7. The molecule has 1 aliphatic heterocycles. The monoisotopic (exact) mass is 418 g/mol. The van der Waals surface area contributed by atoms with E-state index in [0.29, 0.717) is 25.6 Å². The second-order valence-corrected chi connectivity index (χ2v) is 9.37. The van der Waals surface area contributed by atoms with Crippen molar-refractivity contribution in [2.24, 2.45) is 10.9 Å². The Balaban J connectivity index is 1.48. The molecule has 0 bridgehead atoms. The number of benzene rings is 1. The molecule has 158 valence electrons. The quantitative estimate of drug-likeness (QED) is 0.522. The summed E-state index contributed by atoms with van der Waals surface area (Å²) in [5.74, 6) is 1.20. The van der Waals surface area contributed by atoms with Gasteiger partial charge in [0.2, 0.25) is 10.0 Å². The topological polar surface area (TPSA) is 91.6 Å². The average molecular weight is 419 g/mol. The van der Waals surface area contributed by atoms with Crippen LogP contribution in [0.15, 0.2) is 47.7 Å². The number of nitrogens with one attached hydrogen (secondary N) is 2. The van der Waals surface area contributed by atoms with Crippen LogP contribution in [0, 0.1) is 5.92 Å². The lowest BCUT2D eigenvalue weighted by Gasteiger charge is -2.30. The van der Waals surface area contributed by atoms with Crippen LogP contribution in [-0.4, -0.2) is 61.4 Å². The van der Waals surface area contributed by atoms with E-state index < -0.39 is 10.0 Å². The molecule has 0 amide bonds. The number of rotatable bonds is 7. The lowest BCUT2D eigenvalue weighted by molar-refractivity contribution is 0.275. The molecule has 1 aromatic carbocycles. The number of guanidine groups is 1. The van der Waals surface area contributed by atoms with Gasteiger partial charge in [0.25, 0.3) is 0 Å². The van der Waals surface area contributed by atoms with Gasteiger partial charge >= 0.3 is 0 Å². The Morgan fingerprint density at radius 2 is 1.90 bits per heavy atom. The Morgan fingerprint density at radius 1 is 1.17 bits per heavy atom. The SMILES string of the molecule is CN=C(NCc1ccccc1Cn1cccn1)NCC1CCN(S(C)(=O)=O)CC1. The highest BCUT2D eigenvalue weighted by atomic mass is 32.2. The zero-order chi connectivity index (χ0) is 20.7. The number of hydrogen-bond donors (Lipinski definition) is 2. The summed E-state index contributed by atoms with van der Waals surface area (Å²) in [6.45, 7) is 3.38. The maximum Gasteiger partial charge on any atom is 0.211 e. The molecule has 1 aliphatic rings. The fraction of sp³-hybridized carbons (Fsp3) is 0.500. The number of aliphatic imine (C=N–C) groups is 1. The highest BCUT2D eigenvalue weighted by Gasteiger charge is 2.24. The predicted molar refractivity (Wildman–Crippen MR) is 115 cm³/mol. The van der Waals surface area contributed by atoms with E-state index in [1.54, 1.807) is 17.5 Å². The molecule has 1 aromatic heterocycles. The molecule has 2 aromatic rings. The van der Waals surface area contributed by atoms with Gasteiger partial charge in [-0.25, -0.2) is 12.7 Å². The number of piperidine rings is 1. The first-order valence-electron chi connectivity index (χ1n) is 9.89. The summed E-state index contributed by atoms with van der Waals surface area (Å²) >= 11 is 0. The molecular formula is C20H30N6O2S. The minimum absolute atomic E-state index is 0.443. The lowest BCUT2D eigenvalue weighted by Crippen LogP contribution is -2.43. The first kappa shape index (κ1) is 21.3. The van der Waals surface area contributed by atoms with Crippen molar-refractivity contribution in [3.8, 4) is 0 Å². The molecule has 1 saturated heterocycles. The third-order valence-electron chi connectivity index (χ3n) is 5.28. The van der Waals surface area contributed by atoms with E-state index in [0.717, 1.165) is 31.9 Å². The lowest BCUT2D eigenvalue weighted by atomic mass is 9.98. The molecular weight excluding hydrogens is 388 g/mol. The third-order valence-corrected chi connectivity index (χ3v) is 6.58. The number of nitrogens with zero attached hydrogens (tertiary/aromatic N) is 4. The Hall–Kier alpha value is -2.39. The second-order valence-electron chi connectivity index (χ2n) is 7.38. The maximum atomic E-state index is 11.6. The fourth-order valence-electron chi connectivity index (χ4n) is 3.54. The van der Waals surface area contributed by atoms with Crippen molar-refractivity contribution >= 4 is 16.0 Å². The van der Waals surface area contributed by atoms with E-state index in [-0.39, 0.29) is 0 Å². The van der Waals surface area contributed by atoms with Crippen LogP contribution in [0.5, 0.6) is 0 Å². The van der Waals surface area contributed by atoms with Crippen molar-refractivity contribution in [2.75, 3.05) is 32.9 Å². The van der Waals surface area contributed by atoms with E-state index in [2.05, 4.69) is 32.9 Å². The Bertz CT molecular complexity index is 903. The Morgan fingerprint density at radius 3 is 2.52 bits per heavy atom. The van der Waals surface area contributed by atoms with Crippen LogP contribution in [-0.2, 0) is 23.1 Å². The van der Waals surface area contributed by atoms with Gasteiger partial charge < -0.3 is 10.6 Å². The summed E-state index contributed by atoms with van der Waals surface area (Å²) in [4.78, 5) is 4.32. The number of sulfonamides is 1. The highest BCUT2D eigenvalue weighted by Crippen LogP contribution is 2.18. The van der Waals surface area contributed by atoms with Crippen LogP contribution >= 0.6 is 0 Å². The van der Waals surface area contributed by atoms with Gasteiger partial charge in [-0.3, -0.25) is 9.67 Å². The van der Waals surface area contributed by atoms with Gasteiger partial charge in [-0.2, -0.15) is 5.10 Å². The number of hydrogen-bond acceptors (Lipinski definition) is 4. The minimum Gasteiger partial charge on any atom is -0.356 e. The molecule has 0 spiro atoms. The van der Waals surface area contributed by atoms with E-state index in [9.17, 15) is 8.42 Å². The van der Waals surface area contributed by atoms with Crippen LogP contribution in [0.1, 0.15) is 24.0 Å². The Labute approximate surface area is 173 Å². The first-order chi connectivity index (χ1) is 14.0. The van der Waals surface area contributed by atoms with Crippen LogP contribution in [0.3, 0.4) is 0 Å².